The summed E-state index contributed by atoms with van der Waals surface area (Å²) >= 11 is 0. The van der Waals surface area contributed by atoms with Gasteiger partial charge in [-0.1, -0.05) is 12.1 Å². The predicted octanol–water partition coefficient (Wildman–Crippen LogP) is -0.00290. The van der Waals surface area contributed by atoms with Crippen LogP contribution in [0.2, 0.25) is 0 Å². The number of para-hydroxylation sites is 2. The molecule has 1 aliphatic heterocycles. The van der Waals surface area contributed by atoms with Crippen LogP contribution in [0.25, 0.3) is 0 Å². The fraction of sp³-hybridized carbons (Fsp3) is 0.375. The average molecular weight is 350 g/mol. The zero-order chi connectivity index (χ0) is 18.4. The molecule has 2 amide bonds. The molecule has 0 spiro atoms. The van der Waals surface area contributed by atoms with Crippen molar-refractivity contribution in [3.8, 4) is 5.75 Å². The molecule has 2 N–H and O–H groups in total. The Balaban J connectivity index is 2.06. The number of hydrogen-bond donors (Lipinski definition) is 2. The maximum atomic E-state index is 12.3. The molecule has 1 heterocycles. The third-order valence-electron chi connectivity index (χ3n) is 3.53. The van der Waals surface area contributed by atoms with Gasteiger partial charge in [0.1, 0.15) is 11.8 Å². The minimum Gasteiger partial charge on any atom is -0.469 e. The largest absolute Gasteiger partial charge is 0.469 e. The van der Waals surface area contributed by atoms with Crippen molar-refractivity contribution in [2.75, 3.05) is 19.5 Å². The molecule has 2 rings (SSSR count). The van der Waals surface area contributed by atoms with Crippen LogP contribution in [0.4, 0.5) is 5.69 Å². The van der Waals surface area contributed by atoms with E-state index in [-0.39, 0.29) is 12.8 Å². The minimum atomic E-state index is -1.46. The second-order valence-electron chi connectivity index (χ2n) is 5.18. The van der Waals surface area contributed by atoms with Crippen molar-refractivity contribution in [1.29, 1.82) is 0 Å². The number of fused-ring (bicyclic) bond motifs is 1. The van der Waals surface area contributed by atoms with E-state index in [1.807, 2.05) is 0 Å². The van der Waals surface area contributed by atoms with Gasteiger partial charge >= 0.3 is 11.9 Å². The smallest absolute Gasteiger partial charge is 0.328 e. The third-order valence-corrected chi connectivity index (χ3v) is 3.53. The lowest BCUT2D eigenvalue weighted by molar-refractivity contribution is -0.148. The number of methoxy groups -OCH3 is 2. The fourth-order valence-corrected chi connectivity index (χ4v) is 2.23. The van der Waals surface area contributed by atoms with Crippen LogP contribution in [0.5, 0.6) is 5.75 Å². The summed E-state index contributed by atoms with van der Waals surface area (Å²) in [7, 11) is 2.37. The van der Waals surface area contributed by atoms with Crippen LogP contribution in [0.1, 0.15) is 12.8 Å². The Morgan fingerprint density at radius 1 is 1.24 bits per heavy atom. The summed E-state index contributed by atoms with van der Waals surface area (Å²) in [6, 6.07) is 5.53. The first-order valence-corrected chi connectivity index (χ1v) is 7.47. The van der Waals surface area contributed by atoms with Crippen LogP contribution in [-0.4, -0.2) is 50.1 Å². The van der Waals surface area contributed by atoms with Gasteiger partial charge in [0.05, 0.1) is 19.9 Å². The number of anilines is 1. The highest BCUT2D eigenvalue weighted by molar-refractivity contribution is 6.11. The minimum absolute atomic E-state index is 0.0317. The monoisotopic (exact) mass is 350 g/mol. The highest BCUT2D eigenvalue weighted by Crippen LogP contribution is 2.28. The topological polar surface area (TPSA) is 120 Å². The van der Waals surface area contributed by atoms with Crippen LogP contribution >= 0.6 is 0 Å². The highest BCUT2D eigenvalue weighted by atomic mass is 16.5. The van der Waals surface area contributed by atoms with Gasteiger partial charge in [-0.15, -0.1) is 0 Å². The molecular formula is C16H18N2O7. The van der Waals surface area contributed by atoms with E-state index in [1.54, 1.807) is 24.3 Å². The number of carbonyl (C=O) groups excluding carboxylic acids is 4. The summed E-state index contributed by atoms with van der Waals surface area (Å²) in [5, 5.41) is 4.92. The van der Waals surface area contributed by atoms with Crippen molar-refractivity contribution in [2.45, 2.75) is 25.0 Å². The third kappa shape index (κ3) is 4.46. The maximum Gasteiger partial charge on any atom is 0.328 e. The van der Waals surface area contributed by atoms with Crippen LogP contribution in [0, 0.1) is 0 Å². The Hall–Kier alpha value is -3.10. The Bertz CT molecular complexity index is 689. The number of ether oxygens (including phenoxy) is 3. The Morgan fingerprint density at radius 2 is 1.96 bits per heavy atom. The first-order chi connectivity index (χ1) is 12.0. The lowest BCUT2D eigenvalue weighted by Gasteiger charge is -2.26. The van der Waals surface area contributed by atoms with Crippen LogP contribution < -0.4 is 15.4 Å². The standard InChI is InChI=1S/C16H18N2O7/c1-23-12(19)8-7-10(16(22)24-2)18-15(21)13-14(20)17-9-5-3-4-6-11(9)25-13/h3-6,10,13H,7-8H2,1-2H3,(H,17,20)(H,18,21)/t10-,13?/m1/s1. The van der Waals surface area contributed by atoms with E-state index >= 15 is 0 Å². The summed E-state index contributed by atoms with van der Waals surface area (Å²) in [4.78, 5) is 47.4. The van der Waals surface area contributed by atoms with Gasteiger partial charge in [-0.3, -0.25) is 14.4 Å². The predicted molar refractivity (Wildman–Crippen MR) is 84.7 cm³/mol. The summed E-state index contributed by atoms with van der Waals surface area (Å²) in [5.41, 5.74) is 0.451. The van der Waals surface area contributed by atoms with Gasteiger partial charge in [0.2, 0.25) is 0 Å². The lowest BCUT2D eigenvalue weighted by atomic mass is 10.1. The van der Waals surface area contributed by atoms with Crippen molar-refractivity contribution in [3.63, 3.8) is 0 Å². The first-order valence-electron chi connectivity index (χ1n) is 7.47. The van der Waals surface area contributed by atoms with Gasteiger partial charge < -0.3 is 24.8 Å². The second-order valence-corrected chi connectivity index (χ2v) is 5.18. The second kappa shape index (κ2) is 8.13. The van der Waals surface area contributed by atoms with E-state index in [0.717, 1.165) is 7.11 Å². The molecule has 0 aromatic heterocycles. The number of rotatable bonds is 6. The molecule has 0 fully saturated rings. The summed E-state index contributed by atoms with van der Waals surface area (Å²) in [6.07, 6.45) is -1.59. The lowest BCUT2D eigenvalue weighted by Crippen LogP contribution is -2.53. The van der Waals surface area contributed by atoms with Gasteiger partial charge in [0, 0.05) is 6.42 Å². The van der Waals surface area contributed by atoms with E-state index < -0.39 is 35.9 Å². The SMILES string of the molecule is COC(=O)CC[C@@H](NC(=O)C1Oc2ccccc2NC1=O)C(=O)OC. The van der Waals surface area contributed by atoms with Gasteiger partial charge in [-0.05, 0) is 18.6 Å². The van der Waals surface area contributed by atoms with E-state index in [1.165, 1.54) is 7.11 Å². The van der Waals surface area contributed by atoms with Crippen molar-refractivity contribution in [2.24, 2.45) is 0 Å². The molecule has 0 saturated heterocycles. The normalized spacial score (nSPS) is 16.6. The van der Waals surface area contributed by atoms with Crippen molar-refractivity contribution in [3.05, 3.63) is 24.3 Å². The molecule has 1 aliphatic rings. The number of benzene rings is 1. The average Bonchev–Trinajstić information content (AvgIpc) is 2.63. The molecule has 1 aromatic carbocycles. The van der Waals surface area contributed by atoms with E-state index in [4.69, 9.17) is 4.74 Å². The quantitative estimate of drug-likeness (QED) is 0.547. The highest BCUT2D eigenvalue weighted by Gasteiger charge is 2.36. The molecule has 0 aliphatic carbocycles. The molecule has 9 heteroatoms. The van der Waals surface area contributed by atoms with Crippen molar-refractivity contribution >= 4 is 29.4 Å². The Labute approximate surface area is 143 Å². The number of nitrogens with one attached hydrogen (secondary N) is 2. The van der Waals surface area contributed by atoms with Crippen LogP contribution in [0.15, 0.2) is 24.3 Å². The molecular weight excluding hydrogens is 332 g/mol. The Kier molecular flexibility index (Phi) is 5.93. The molecule has 0 radical (unpaired) electrons. The molecule has 1 aromatic rings. The maximum absolute atomic E-state index is 12.3. The molecule has 9 nitrogen and oxygen atoms in total. The van der Waals surface area contributed by atoms with E-state index in [0.29, 0.717) is 11.4 Å². The van der Waals surface area contributed by atoms with Crippen molar-refractivity contribution < 1.29 is 33.4 Å². The summed E-state index contributed by atoms with van der Waals surface area (Å²) in [5.74, 6) is -2.41. The zero-order valence-corrected chi connectivity index (χ0v) is 13.7. The molecule has 0 saturated carbocycles. The number of esters is 2. The van der Waals surface area contributed by atoms with Crippen LogP contribution in [-0.2, 0) is 28.7 Å². The van der Waals surface area contributed by atoms with Crippen LogP contribution in [0.3, 0.4) is 0 Å². The van der Waals surface area contributed by atoms with Gasteiger partial charge in [0.25, 0.3) is 17.9 Å². The van der Waals surface area contributed by atoms with Gasteiger partial charge in [-0.2, -0.15) is 0 Å². The summed E-state index contributed by atoms with van der Waals surface area (Å²) in [6.45, 7) is 0. The number of carbonyl (C=O) groups is 4. The summed E-state index contributed by atoms with van der Waals surface area (Å²) < 4.78 is 14.5. The first kappa shape index (κ1) is 18.2. The molecule has 1 unspecified atom stereocenters. The fourth-order valence-electron chi connectivity index (χ4n) is 2.23. The molecule has 0 bridgehead atoms. The zero-order valence-electron chi connectivity index (χ0n) is 13.7. The number of hydrogen-bond acceptors (Lipinski definition) is 7. The van der Waals surface area contributed by atoms with Gasteiger partial charge in [-0.25, -0.2) is 4.79 Å². The van der Waals surface area contributed by atoms with Crippen molar-refractivity contribution in [1.82, 2.24) is 5.32 Å². The Morgan fingerprint density at radius 3 is 2.64 bits per heavy atom. The molecule has 25 heavy (non-hydrogen) atoms. The van der Waals surface area contributed by atoms with E-state index in [9.17, 15) is 19.2 Å². The molecule has 2 atom stereocenters. The molecule has 134 valence electrons. The van der Waals surface area contributed by atoms with Gasteiger partial charge in [0.15, 0.2) is 0 Å². The van der Waals surface area contributed by atoms with E-state index in [2.05, 4.69) is 20.1 Å². The number of amides is 2.